The van der Waals surface area contributed by atoms with Crippen LogP contribution in [0, 0.1) is 0 Å². The fourth-order valence-corrected chi connectivity index (χ4v) is 4.11. The lowest BCUT2D eigenvalue weighted by Gasteiger charge is -2.29. The molecule has 43 heavy (non-hydrogen) atoms. The van der Waals surface area contributed by atoms with Crippen LogP contribution < -0.4 is 21.3 Å². The molecule has 2 aromatic carbocycles. The molecule has 0 saturated heterocycles. The smallest absolute Gasteiger partial charge is 0.417 e. The minimum absolute atomic E-state index is 0.0769. The van der Waals surface area contributed by atoms with E-state index in [0.29, 0.717) is 5.56 Å². The van der Waals surface area contributed by atoms with Gasteiger partial charge in [-0.1, -0.05) is 60.7 Å². The largest absolute Gasteiger partial charge is 0.465 e. The van der Waals surface area contributed by atoms with Gasteiger partial charge in [0.1, 0.15) is 5.60 Å². The van der Waals surface area contributed by atoms with E-state index >= 15 is 0 Å². The zero-order chi connectivity index (χ0) is 32.2. The number of benzene rings is 2. The minimum Gasteiger partial charge on any atom is -0.465 e. The third-order valence-electron chi connectivity index (χ3n) is 6.12. The zero-order valence-corrected chi connectivity index (χ0v) is 24.1. The van der Waals surface area contributed by atoms with Crippen LogP contribution in [0.2, 0.25) is 0 Å². The molecule has 11 nitrogen and oxygen atoms in total. The van der Waals surface area contributed by atoms with Crippen LogP contribution in [0.5, 0.6) is 0 Å². The molecule has 2 unspecified atom stereocenters. The predicted octanol–water partition coefficient (Wildman–Crippen LogP) is 2.36. The topological polar surface area (TPSA) is 169 Å². The number of halogens is 3. The number of ether oxygens (including phenoxy) is 1. The van der Waals surface area contributed by atoms with E-state index in [9.17, 15) is 37.8 Å². The molecule has 0 saturated carbocycles. The summed E-state index contributed by atoms with van der Waals surface area (Å²) in [6.07, 6.45) is -10.5. The van der Waals surface area contributed by atoms with Crippen molar-refractivity contribution in [2.24, 2.45) is 0 Å². The molecule has 0 heterocycles. The molecule has 0 fully saturated rings. The van der Waals surface area contributed by atoms with E-state index in [1.54, 1.807) is 63.2 Å². The molecule has 0 aliphatic rings. The highest BCUT2D eigenvalue weighted by molar-refractivity contribution is 5.86. The van der Waals surface area contributed by atoms with Crippen LogP contribution in [0.15, 0.2) is 60.7 Å². The van der Waals surface area contributed by atoms with Crippen molar-refractivity contribution in [3.8, 4) is 0 Å². The SMILES string of the molecule is CC(C)(C)OC(=O)N[C@@H](Cc1ccccc1)C(O)CNC[C@@H](O)C(Cc1ccccc1)NC(=O)[C@H](NC(=O)O)C(F)(F)F. The van der Waals surface area contributed by atoms with Crippen molar-refractivity contribution in [2.75, 3.05) is 13.1 Å². The molecule has 5 atom stereocenters. The maximum atomic E-state index is 13.4. The number of carbonyl (C=O) groups excluding carboxylic acids is 2. The summed E-state index contributed by atoms with van der Waals surface area (Å²) >= 11 is 0. The maximum absolute atomic E-state index is 13.4. The molecule has 0 bridgehead atoms. The Balaban J connectivity index is 2.12. The number of aliphatic hydroxyl groups excluding tert-OH is 2. The van der Waals surface area contributed by atoms with Crippen LogP contribution in [-0.2, 0) is 22.4 Å². The summed E-state index contributed by atoms with van der Waals surface area (Å²) in [7, 11) is 0. The van der Waals surface area contributed by atoms with Crippen molar-refractivity contribution < 1.29 is 47.6 Å². The quantitative estimate of drug-likeness (QED) is 0.171. The molecule has 238 valence electrons. The van der Waals surface area contributed by atoms with Gasteiger partial charge in [0.25, 0.3) is 5.91 Å². The molecule has 3 amide bonds. The summed E-state index contributed by atoms with van der Waals surface area (Å²) < 4.78 is 45.5. The number of rotatable bonds is 14. The van der Waals surface area contributed by atoms with Crippen LogP contribution in [-0.4, -0.2) is 88.6 Å². The van der Waals surface area contributed by atoms with Crippen molar-refractivity contribution in [2.45, 2.75) is 75.7 Å². The number of hydrogen-bond donors (Lipinski definition) is 7. The highest BCUT2D eigenvalue weighted by Gasteiger charge is 2.47. The molecule has 2 rings (SSSR count). The lowest BCUT2D eigenvalue weighted by Crippen LogP contribution is -2.59. The molecule has 0 aliphatic heterocycles. The van der Waals surface area contributed by atoms with Crippen molar-refractivity contribution >= 4 is 18.1 Å². The highest BCUT2D eigenvalue weighted by atomic mass is 19.4. The Morgan fingerprint density at radius 2 is 1.21 bits per heavy atom. The van der Waals surface area contributed by atoms with Gasteiger partial charge in [-0.3, -0.25) is 4.79 Å². The Morgan fingerprint density at radius 3 is 1.60 bits per heavy atom. The van der Waals surface area contributed by atoms with Gasteiger partial charge in [-0.25, -0.2) is 9.59 Å². The first kappa shape index (κ1) is 35.3. The molecule has 0 spiro atoms. The number of aliphatic hydroxyl groups is 2. The highest BCUT2D eigenvalue weighted by Crippen LogP contribution is 2.21. The number of alkyl halides is 3. The second-order valence-corrected chi connectivity index (χ2v) is 11.0. The minimum atomic E-state index is -5.22. The van der Waals surface area contributed by atoms with Crippen LogP contribution in [0.3, 0.4) is 0 Å². The third-order valence-corrected chi connectivity index (χ3v) is 6.12. The van der Waals surface area contributed by atoms with Gasteiger partial charge < -0.3 is 41.3 Å². The fraction of sp³-hybridized carbons (Fsp3) is 0.483. The molecule has 0 aromatic heterocycles. The Morgan fingerprint density at radius 1 is 0.767 bits per heavy atom. The van der Waals surface area contributed by atoms with Gasteiger partial charge >= 0.3 is 18.4 Å². The third kappa shape index (κ3) is 13.3. The normalized spacial score (nSPS) is 15.3. The van der Waals surface area contributed by atoms with E-state index in [1.165, 1.54) is 0 Å². The lowest BCUT2D eigenvalue weighted by molar-refractivity contribution is -0.168. The van der Waals surface area contributed by atoms with E-state index in [2.05, 4.69) is 16.0 Å². The van der Waals surface area contributed by atoms with E-state index in [-0.39, 0.29) is 25.9 Å². The molecule has 0 radical (unpaired) electrons. The summed E-state index contributed by atoms with van der Waals surface area (Å²) in [6, 6.07) is 12.3. The van der Waals surface area contributed by atoms with Crippen LogP contribution in [0.4, 0.5) is 22.8 Å². The average molecular weight is 613 g/mol. The van der Waals surface area contributed by atoms with Crippen molar-refractivity contribution in [1.29, 1.82) is 0 Å². The van der Waals surface area contributed by atoms with Gasteiger partial charge in [0.2, 0.25) is 6.04 Å². The molecular formula is C29H39F3N4O7. The number of carboxylic acid groups (broad SMARTS) is 1. The standard InChI is InChI=1S/C29H39F3N4O7/c1-28(2,3)43-27(42)35-21(15-19-12-8-5-9-13-19)23(38)17-33-16-22(37)20(14-18-10-6-4-7-11-18)34-25(39)24(29(30,31)32)36-26(40)41/h4-13,20-24,33,36-38H,14-17H2,1-3H3,(H,34,39)(H,35,42)(H,40,41)/t20?,21-,22+,23?,24-/m0/s1. The Hall–Kier alpha value is -3.88. The zero-order valence-electron chi connectivity index (χ0n) is 24.1. The number of alkyl carbamates (subject to hydrolysis) is 1. The van der Waals surface area contributed by atoms with Crippen molar-refractivity contribution in [3.05, 3.63) is 71.8 Å². The van der Waals surface area contributed by atoms with Gasteiger partial charge in [0, 0.05) is 13.1 Å². The van der Waals surface area contributed by atoms with Gasteiger partial charge in [0.05, 0.1) is 24.3 Å². The summed E-state index contributed by atoms with van der Waals surface area (Å²) in [5.41, 5.74) is 0.631. The Bertz CT molecular complexity index is 1160. The Labute approximate surface area is 247 Å². The first-order valence-corrected chi connectivity index (χ1v) is 13.6. The van der Waals surface area contributed by atoms with Gasteiger partial charge in [0.15, 0.2) is 0 Å². The van der Waals surface area contributed by atoms with Crippen LogP contribution >= 0.6 is 0 Å². The number of amides is 3. The van der Waals surface area contributed by atoms with Gasteiger partial charge in [-0.05, 0) is 44.7 Å². The fourth-order valence-electron chi connectivity index (χ4n) is 4.11. The van der Waals surface area contributed by atoms with E-state index in [0.717, 1.165) is 10.9 Å². The monoisotopic (exact) mass is 612 g/mol. The molecule has 14 heteroatoms. The molecule has 7 N–H and O–H groups in total. The summed E-state index contributed by atoms with van der Waals surface area (Å²) in [5, 5.41) is 39.3. The van der Waals surface area contributed by atoms with E-state index < -0.39 is 60.2 Å². The molecule has 0 aliphatic carbocycles. The average Bonchev–Trinajstić information content (AvgIpc) is 2.90. The molecular weight excluding hydrogens is 573 g/mol. The summed E-state index contributed by atoms with van der Waals surface area (Å²) in [5.74, 6) is -1.68. The second-order valence-electron chi connectivity index (χ2n) is 11.0. The number of hydrogen-bond acceptors (Lipinski definition) is 7. The number of nitrogens with one attached hydrogen (secondary N) is 4. The lowest BCUT2D eigenvalue weighted by atomic mass is 9.99. The summed E-state index contributed by atoms with van der Waals surface area (Å²) in [6.45, 7) is 4.65. The summed E-state index contributed by atoms with van der Waals surface area (Å²) in [4.78, 5) is 35.8. The molecule has 2 aromatic rings. The first-order chi connectivity index (χ1) is 20.0. The van der Waals surface area contributed by atoms with Crippen molar-refractivity contribution in [3.63, 3.8) is 0 Å². The van der Waals surface area contributed by atoms with Crippen LogP contribution in [0.1, 0.15) is 31.9 Å². The predicted molar refractivity (Wildman–Crippen MR) is 151 cm³/mol. The Kier molecular flexibility index (Phi) is 13.2. The van der Waals surface area contributed by atoms with Crippen molar-refractivity contribution in [1.82, 2.24) is 21.3 Å². The van der Waals surface area contributed by atoms with Crippen LogP contribution in [0.25, 0.3) is 0 Å². The number of carbonyl (C=O) groups is 3. The van der Waals surface area contributed by atoms with Gasteiger partial charge in [-0.2, -0.15) is 13.2 Å². The van der Waals surface area contributed by atoms with E-state index in [1.807, 2.05) is 18.2 Å². The first-order valence-electron chi connectivity index (χ1n) is 13.6. The maximum Gasteiger partial charge on any atom is 0.417 e. The second kappa shape index (κ2) is 16.1. The van der Waals surface area contributed by atoms with Gasteiger partial charge in [-0.15, -0.1) is 0 Å². The van der Waals surface area contributed by atoms with E-state index in [4.69, 9.17) is 9.84 Å².